The summed E-state index contributed by atoms with van der Waals surface area (Å²) in [5.74, 6) is 0.688. The Morgan fingerprint density at radius 3 is 2.78 bits per heavy atom. The fourth-order valence-corrected chi connectivity index (χ4v) is 3.75. The Kier molecular flexibility index (Phi) is 5.59. The molecule has 2 aliphatic heterocycles. The van der Waals surface area contributed by atoms with Crippen molar-refractivity contribution in [2.45, 2.75) is 31.7 Å². The molecule has 0 bridgehead atoms. The Morgan fingerprint density at radius 2 is 2.04 bits per heavy atom. The molecule has 3 heterocycles. The van der Waals surface area contributed by atoms with Crippen molar-refractivity contribution >= 4 is 11.6 Å². The maximum Gasteiger partial charge on any atom is 0.361 e. The van der Waals surface area contributed by atoms with E-state index in [2.05, 4.69) is 30.8 Å². The van der Waals surface area contributed by atoms with E-state index in [0.29, 0.717) is 11.8 Å². The van der Waals surface area contributed by atoms with Gasteiger partial charge in [0.2, 0.25) is 5.91 Å². The largest absolute Gasteiger partial charge is 0.422 e. The minimum atomic E-state index is 0.0249. The minimum absolute atomic E-state index is 0.0249. The van der Waals surface area contributed by atoms with E-state index in [1.807, 2.05) is 12.1 Å². The highest BCUT2D eigenvalue weighted by molar-refractivity contribution is 5.92. The van der Waals surface area contributed by atoms with Crippen LogP contribution in [0.1, 0.15) is 25.7 Å². The molecule has 2 aliphatic rings. The molecule has 0 aliphatic carbocycles. The van der Waals surface area contributed by atoms with Crippen molar-refractivity contribution in [3.05, 3.63) is 24.3 Å². The molecule has 9 nitrogen and oxygen atoms in total. The number of amides is 1. The summed E-state index contributed by atoms with van der Waals surface area (Å²) in [5.41, 5.74) is 0.753. The van der Waals surface area contributed by atoms with Gasteiger partial charge in [0, 0.05) is 31.5 Å². The highest BCUT2D eigenvalue weighted by atomic mass is 16.5. The van der Waals surface area contributed by atoms with Crippen molar-refractivity contribution in [2.75, 3.05) is 31.6 Å². The maximum absolute atomic E-state index is 12.7. The summed E-state index contributed by atoms with van der Waals surface area (Å²) in [4.78, 5) is 15.2. The molecule has 0 spiro atoms. The number of piperidine rings is 1. The number of aromatic amines is 1. The van der Waals surface area contributed by atoms with Crippen LogP contribution in [0.15, 0.2) is 24.3 Å². The van der Waals surface area contributed by atoms with Crippen LogP contribution in [0.5, 0.6) is 11.8 Å². The zero-order valence-electron chi connectivity index (χ0n) is 15.1. The van der Waals surface area contributed by atoms with E-state index in [0.717, 1.165) is 57.7 Å². The zero-order chi connectivity index (χ0) is 18.5. The quantitative estimate of drug-likeness (QED) is 0.825. The normalized spacial score (nSPS) is 21.7. The highest BCUT2D eigenvalue weighted by Crippen LogP contribution is 2.25. The smallest absolute Gasteiger partial charge is 0.361 e. The van der Waals surface area contributed by atoms with Crippen LogP contribution in [0.3, 0.4) is 0 Å². The van der Waals surface area contributed by atoms with E-state index in [4.69, 9.17) is 9.47 Å². The van der Waals surface area contributed by atoms with Crippen LogP contribution in [0, 0.1) is 5.92 Å². The van der Waals surface area contributed by atoms with Crippen molar-refractivity contribution in [3.63, 3.8) is 0 Å². The van der Waals surface area contributed by atoms with E-state index in [-0.39, 0.29) is 17.8 Å². The lowest BCUT2D eigenvalue weighted by molar-refractivity contribution is -0.122. The fraction of sp³-hybridized carbons (Fsp3) is 0.556. The summed E-state index contributed by atoms with van der Waals surface area (Å²) in [6, 6.07) is 7.86. The fourth-order valence-electron chi connectivity index (χ4n) is 3.75. The summed E-state index contributed by atoms with van der Waals surface area (Å²) in [6.45, 7) is 3.57. The van der Waals surface area contributed by atoms with Gasteiger partial charge in [-0.3, -0.25) is 9.69 Å². The van der Waals surface area contributed by atoms with Gasteiger partial charge in [-0.1, -0.05) is 10.2 Å². The van der Waals surface area contributed by atoms with Crippen LogP contribution in [0.2, 0.25) is 0 Å². The number of tetrazole rings is 1. The number of benzene rings is 1. The van der Waals surface area contributed by atoms with E-state index < -0.39 is 0 Å². The molecule has 1 atom stereocenters. The first-order chi connectivity index (χ1) is 13.3. The predicted molar refractivity (Wildman–Crippen MR) is 97.5 cm³/mol. The first-order valence-electron chi connectivity index (χ1n) is 9.42. The Labute approximate surface area is 157 Å². The number of hydrogen-bond donors (Lipinski definition) is 2. The predicted octanol–water partition coefficient (Wildman–Crippen LogP) is 1.82. The van der Waals surface area contributed by atoms with E-state index in [1.165, 1.54) is 0 Å². The minimum Gasteiger partial charge on any atom is -0.422 e. The number of rotatable bonds is 5. The summed E-state index contributed by atoms with van der Waals surface area (Å²) >= 11 is 0. The zero-order valence-corrected chi connectivity index (χ0v) is 15.1. The van der Waals surface area contributed by atoms with Crippen molar-refractivity contribution < 1.29 is 14.3 Å². The first-order valence-corrected chi connectivity index (χ1v) is 9.42. The average Bonchev–Trinajstić information content (AvgIpc) is 3.23. The SMILES string of the molecule is O=C(Nc1ccc(Oc2nn[nH]n2)cc1)C1CCCN(C2CCOCC2)C1. The van der Waals surface area contributed by atoms with Gasteiger partial charge < -0.3 is 14.8 Å². The van der Waals surface area contributed by atoms with Gasteiger partial charge in [0.05, 0.1) is 5.92 Å². The number of carbonyl (C=O) groups excluding carboxylic acids is 1. The second kappa shape index (κ2) is 8.45. The van der Waals surface area contributed by atoms with Gasteiger partial charge in [-0.25, -0.2) is 0 Å². The third-order valence-electron chi connectivity index (χ3n) is 5.19. The number of H-pyrrole nitrogens is 1. The molecule has 0 saturated carbocycles. The molecule has 27 heavy (non-hydrogen) atoms. The Bertz CT molecular complexity index is 730. The van der Waals surface area contributed by atoms with Gasteiger partial charge in [0.25, 0.3) is 0 Å². The molecular weight excluding hydrogens is 348 g/mol. The van der Waals surface area contributed by atoms with Crippen LogP contribution in [0.4, 0.5) is 5.69 Å². The van der Waals surface area contributed by atoms with Gasteiger partial charge >= 0.3 is 6.01 Å². The van der Waals surface area contributed by atoms with Crippen LogP contribution >= 0.6 is 0 Å². The lowest BCUT2D eigenvalue weighted by Crippen LogP contribution is -2.47. The molecule has 2 aromatic rings. The van der Waals surface area contributed by atoms with E-state index in [1.54, 1.807) is 12.1 Å². The Morgan fingerprint density at radius 1 is 1.22 bits per heavy atom. The van der Waals surface area contributed by atoms with Crippen molar-refractivity contribution in [3.8, 4) is 11.8 Å². The molecule has 0 radical (unpaired) electrons. The van der Waals surface area contributed by atoms with Crippen LogP contribution < -0.4 is 10.1 Å². The second-order valence-corrected chi connectivity index (χ2v) is 6.99. The first kappa shape index (κ1) is 17.9. The molecule has 1 aromatic carbocycles. The molecule has 1 unspecified atom stereocenters. The van der Waals surface area contributed by atoms with Crippen molar-refractivity contribution in [1.29, 1.82) is 0 Å². The second-order valence-electron chi connectivity index (χ2n) is 6.99. The molecule has 144 valence electrons. The van der Waals surface area contributed by atoms with E-state index >= 15 is 0 Å². The molecule has 2 saturated heterocycles. The van der Waals surface area contributed by atoms with Gasteiger partial charge in [0.15, 0.2) is 0 Å². The summed E-state index contributed by atoms with van der Waals surface area (Å²) < 4.78 is 10.9. The number of aromatic nitrogens is 4. The third kappa shape index (κ3) is 4.61. The number of nitrogens with one attached hydrogen (secondary N) is 2. The third-order valence-corrected chi connectivity index (χ3v) is 5.19. The molecular formula is C18H24N6O3. The van der Waals surface area contributed by atoms with Gasteiger partial charge in [-0.05, 0) is 61.7 Å². The van der Waals surface area contributed by atoms with Gasteiger partial charge in [-0.2, -0.15) is 5.21 Å². The van der Waals surface area contributed by atoms with Gasteiger partial charge in [0.1, 0.15) is 5.75 Å². The molecule has 2 N–H and O–H groups in total. The number of nitrogens with zero attached hydrogens (tertiary/aromatic N) is 4. The van der Waals surface area contributed by atoms with Crippen molar-refractivity contribution in [2.24, 2.45) is 5.92 Å². The Balaban J connectivity index is 1.31. The standard InChI is InChI=1S/C18H24N6O3/c25-17(13-2-1-9-24(12-13)15-7-10-26-11-8-15)19-14-3-5-16(6-4-14)27-18-20-22-23-21-18/h3-6,13,15H,1-2,7-12H2,(H,19,25)(H,20,21,22,23). The molecule has 1 aromatic heterocycles. The topological polar surface area (TPSA) is 105 Å². The number of hydrogen-bond acceptors (Lipinski definition) is 7. The van der Waals surface area contributed by atoms with Crippen LogP contribution in [-0.4, -0.2) is 63.8 Å². The Hall–Kier alpha value is -2.52. The van der Waals surface area contributed by atoms with Crippen LogP contribution in [-0.2, 0) is 9.53 Å². The number of ether oxygens (including phenoxy) is 2. The lowest BCUT2D eigenvalue weighted by Gasteiger charge is -2.39. The monoisotopic (exact) mass is 372 g/mol. The summed E-state index contributed by atoms with van der Waals surface area (Å²) in [5, 5.41) is 16.3. The molecule has 2 fully saturated rings. The molecule has 1 amide bonds. The van der Waals surface area contributed by atoms with Gasteiger partial charge in [-0.15, -0.1) is 0 Å². The summed E-state index contributed by atoms with van der Waals surface area (Å²) in [7, 11) is 0. The summed E-state index contributed by atoms with van der Waals surface area (Å²) in [6.07, 6.45) is 4.13. The average molecular weight is 372 g/mol. The number of likely N-dealkylation sites (tertiary alicyclic amines) is 1. The maximum atomic E-state index is 12.7. The highest BCUT2D eigenvalue weighted by Gasteiger charge is 2.30. The lowest BCUT2D eigenvalue weighted by atomic mass is 9.94. The van der Waals surface area contributed by atoms with Crippen molar-refractivity contribution in [1.82, 2.24) is 25.5 Å². The number of carbonyl (C=O) groups is 1. The van der Waals surface area contributed by atoms with E-state index in [9.17, 15) is 4.79 Å². The molecule has 9 heteroatoms. The molecule has 4 rings (SSSR count). The van der Waals surface area contributed by atoms with Crippen LogP contribution in [0.25, 0.3) is 0 Å². The number of anilines is 1.